The van der Waals surface area contributed by atoms with E-state index in [9.17, 15) is 0 Å². The second-order valence-corrected chi connectivity index (χ2v) is 8.85. The number of thiophene rings is 1. The van der Waals surface area contributed by atoms with Gasteiger partial charge in [0, 0.05) is 31.1 Å². The van der Waals surface area contributed by atoms with Gasteiger partial charge in [-0.05, 0) is 37.3 Å². The zero-order chi connectivity index (χ0) is 19.3. The first-order chi connectivity index (χ1) is 13.0. The molecule has 0 aliphatic carbocycles. The Balaban J connectivity index is 0.00000280. The molecule has 3 heterocycles. The second kappa shape index (κ2) is 10.5. The van der Waals surface area contributed by atoms with Gasteiger partial charge in [0.1, 0.15) is 12.3 Å². The number of hydrogen-bond donors (Lipinski definition) is 2. The fourth-order valence-electron chi connectivity index (χ4n) is 3.08. The quantitative estimate of drug-likeness (QED) is 0.350. The molecule has 1 aliphatic rings. The van der Waals surface area contributed by atoms with Gasteiger partial charge in [0.05, 0.1) is 11.2 Å². The molecule has 0 radical (unpaired) electrons. The first-order valence-electron chi connectivity index (χ1n) is 9.74. The van der Waals surface area contributed by atoms with Crippen molar-refractivity contribution in [1.29, 1.82) is 0 Å². The molecule has 0 amide bonds. The molecule has 0 bridgehead atoms. The van der Waals surface area contributed by atoms with Crippen LogP contribution in [0.1, 0.15) is 52.2 Å². The maximum Gasteiger partial charge on any atom is 0.216 e. The molecular weight excluding hydrogens is 485 g/mol. The van der Waals surface area contributed by atoms with Crippen molar-refractivity contribution in [3.63, 3.8) is 0 Å². The summed E-state index contributed by atoms with van der Waals surface area (Å²) in [7, 11) is 0. The Labute approximate surface area is 189 Å². The smallest absolute Gasteiger partial charge is 0.216 e. The van der Waals surface area contributed by atoms with E-state index < -0.39 is 0 Å². The van der Waals surface area contributed by atoms with Crippen molar-refractivity contribution in [3.8, 4) is 0 Å². The number of anilines is 1. The average Bonchev–Trinajstić information content (AvgIpc) is 3.32. The molecule has 8 heteroatoms. The lowest BCUT2D eigenvalue weighted by atomic mass is 9.94. The van der Waals surface area contributed by atoms with E-state index in [2.05, 4.69) is 70.7 Å². The lowest BCUT2D eigenvalue weighted by molar-refractivity contribution is 0.383. The van der Waals surface area contributed by atoms with Gasteiger partial charge in [-0.3, -0.25) is 0 Å². The number of guanidine groups is 1. The summed E-state index contributed by atoms with van der Waals surface area (Å²) in [5, 5.41) is 10.4. The van der Waals surface area contributed by atoms with Crippen LogP contribution in [-0.2, 0) is 12.0 Å². The highest BCUT2D eigenvalue weighted by Crippen LogP contribution is 2.25. The predicted molar refractivity (Wildman–Crippen MR) is 128 cm³/mol. The highest BCUT2D eigenvalue weighted by molar-refractivity contribution is 14.0. The van der Waals surface area contributed by atoms with E-state index in [-0.39, 0.29) is 29.4 Å². The second-order valence-electron chi connectivity index (χ2n) is 7.92. The third kappa shape index (κ3) is 6.37. The third-order valence-corrected chi connectivity index (χ3v) is 5.59. The van der Waals surface area contributed by atoms with Gasteiger partial charge in [0.2, 0.25) is 5.89 Å². The number of nitrogens with zero attached hydrogens (tertiary/aromatic N) is 3. The molecule has 2 aromatic rings. The van der Waals surface area contributed by atoms with Crippen LogP contribution in [0.2, 0.25) is 0 Å². The lowest BCUT2D eigenvalue weighted by Gasteiger charge is -2.33. The van der Waals surface area contributed by atoms with Gasteiger partial charge < -0.3 is 20.0 Å². The Kier molecular flexibility index (Phi) is 8.60. The van der Waals surface area contributed by atoms with Crippen LogP contribution in [0.15, 0.2) is 33.1 Å². The molecule has 3 rings (SSSR count). The van der Waals surface area contributed by atoms with Crippen LogP contribution in [0.3, 0.4) is 0 Å². The summed E-state index contributed by atoms with van der Waals surface area (Å²) in [6, 6.07) is 4.76. The summed E-state index contributed by atoms with van der Waals surface area (Å²) in [5.74, 6) is 2.39. The summed E-state index contributed by atoms with van der Waals surface area (Å²) in [6.07, 6.45) is 4.02. The van der Waals surface area contributed by atoms with E-state index >= 15 is 0 Å². The molecule has 0 saturated carbocycles. The topological polar surface area (TPSA) is 65.7 Å². The third-order valence-electron chi connectivity index (χ3n) is 4.66. The first kappa shape index (κ1) is 23.0. The zero-order valence-electron chi connectivity index (χ0n) is 17.2. The molecule has 1 saturated heterocycles. The van der Waals surface area contributed by atoms with E-state index in [0.29, 0.717) is 18.5 Å². The molecule has 0 aromatic carbocycles. The standard InChI is InChI=1S/C20H31N5OS.HI/c1-5-21-19(23-14-17-22-13-16(26-17)20(2,3)4)24-15-8-10-25(11-9-15)18-7-6-12-27-18;/h6-7,12-13,15H,5,8-11,14H2,1-4H3,(H2,21,23,24);1H. The van der Waals surface area contributed by atoms with Crippen LogP contribution < -0.4 is 15.5 Å². The SMILES string of the molecule is CCNC(=NCc1ncc(C(C)(C)C)o1)NC1CCN(c2cccs2)CC1.I. The molecule has 2 aromatic heterocycles. The van der Waals surface area contributed by atoms with Gasteiger partial charge in [-0.2, -0.15) is 0 Å². The minimum atomic E-state index is -0.0335. The molecule has 2 N–H and O–H groups in total. The number of aromatic nitrogens is 1. The van der Waals surface area contributed by atoms with Crippen molar-refractivity contribution in [2.45, 2.75) is 58.5 Å². The molecule has 28 heavy (non-hydrogen) atoms. The normalized spacial score (nSPS) is 16.0. The average molecular weight is 517 g/mol. The predicted octanol–water partition coefficient (Wildman–Crippen LogP) is 4.38. The molecule has 0 spiro atoms. The summed E-state index contributed by atoms with van der Waals surface area (Å²) >= 11 is 1.81. The molecule has 156 valence electrons. The molecule has 1 fully saturated rings. The van der Waals surface area contributed by atoms with Gasteiger partial charge >= 0.3 is 0 Å². The van der Waals surface area contributed by atoms with Crippen molar-refractivity contribution < 1.29 is 4.42 Å². The fourth-order valence-corrected chi connectivity index (χ4v) is 3.87. The monoisotopic (exact) mass is 517 g/mol. The molecule has 6 nitrogen and oxygen atoms in total. The highest BCUT2D eigenvalue weighted by Gasteiger charge is 2.21. The Morgan fingerprint density at radius 3 is 2.68 bits per heavy atom. The van der Waals surface area contributed by atoms with E-state index in [1.54, 1.807) is 0 Å². The van der Waals surface area contributed by atoms with E-state index in [4.69, 9.17) is 4.42 Å². The number of aliphatic imine (C=N–C) groups is 1. The number of rotatable bonds is 5. The van der Waals surface area contributed by atoms with E-state index in [0.717, 1.165) is 44.2 Å². The molecule has 0 atom stereocenters. The van der Waals surface area contributed by atoms with Crippen LogP contribution in [-0.4, -0.2) is 36.6 Å². The number of halogens is 1. The van der Waals surface area contributed by atoms with Crippen LogP contribution in [0, 0.1) is 0 Å². The van der Waals surface area contributed by atoms with E-state index in [1.165, 1.54) is 5.00 Å². The van der Waals surface area contributed by atoms with Gasteiger partial charge in [0.15, 0.2) is 5.96 Å². The van der Waals surface area contributed by atoms with Crippen molar-refractivity contribution >= 4 is 46.3 Å². The number of piperidine rings is 1. The van der Waals surface area contributed by atoms with Gasteiger partial charge in [-0.1, -0.05) is 20.8 Å². The number of nitrogens with one attached hydrogen (secondary N) is 2. The molecular formula is C20H32IN5OS. The maximum absolute atomic E-state index is 5.84. The van der Waals surface area contributed by atoms with Crippen LogP contribution in [0.25, 0.3) is 0 Å². The van der Waals surface area contributed by atoms with Gasteiger partial charge in [-0.15, -0.1) is 35.3 Å². The first-order valence-corrected chi connectivity index (χ1v) is 10.6. The van der Waals surface area contributed by atoms with Crippen molar-refractivity contribution in [3.05, 3.63) is 35.4 Å². The minimum absolute atomic E-state index is 0. The minimum Gasteiger partial charge on any atom is -0.443 e. The van der Waals surface area contributed by atoms with Crippen molar-refractivity contribution in [1.82, 2.24) is 15.6 Å². The zero-order valence-corrected chi connectivity index (χ0v) is 20.3. The Morgan fingerprint density at radius 1 is 1.36 bits per heavy atom. The Morgan fingerprint density at radius 2 is 2.11 bits per heavy atom. The maximum atomic E-state index is 5.84. The largest absolute Gasteiger partial charge is 0.443 e. The lowest BCUT2D eigenvalue weighted by Crippen LogP contribution is -2.48. The Bertz CT molecular complexity index is 730. The van der Waals surface area contributed by atoms with Crippen LogP contribution in [0.4, 0.5) is 5.00 Å². The molecule has 0 unspecified atom stereocenters. The summed E-state index contributed by atoms with van der Waals surface area (Å²) in [4.78, 5) is 11.5. The van der Waals surface area contributed by atoms with Crippen molar-refractivity contribution in [2.24, 2.45) is 4.99 Å². The Hall–Kier alpha value is -1.29. The summed E-state index contributed by atoms with van der Waals surface area (Å²) in [5.41, 5.74) is -0.0335. The van der Waals surface area contributed by atoms with Crippen LogP contribution in [0.5, 0.6) is 0 Å². The van der Waals surface area contributed by atoms with Crippen molar-refractivity contribution in [2.75, 3.05) is 24.5 Å². The summed E-state index contributed by atoms with van der Waals surface area (Å²) in [6.45, 7) is 11.9. The van der Waals surface area contributed by atoms with Gasteiger partial charge in [-0.25, -0.2) is 9.98 Å². The van der Waals surface area contributed by atoms with Crippen LogP contribution >= 0.6 is 35.3 Å². The number of oxazole rings is 1. The van der Waals surface area contributed by atoms with Gasteiger partial charge in [0.25, 0.3) is 0 Å². The fraction of sp³-hybridized carbons (Fsp3) is 0.600. The highest BCUT2D eigenvalue weighted by atomic mass is 127. The van der Waals surface area contributed by atoms with E-state index in [1.807, 2.05) is 17.5 Å². The molecule has 1 aliphatic heterocycles. The summed E-state index contributed by atoms with van der Waals surface area (Å²) < 4.78 is 5.84. The number of hydrogen-bond acceptors (Lipinski definition) is 5.